The number of rotatable bonds is 4. The van der Waals surface area contributed by atoms with Crippen molar-refractivity contribution in [2.24, 2.45) is 0 Å². The van der Waals surface area contributed by atoms with Gasteiger partial charge < -0.3 is 9.73 Å². The van der Waals surface area contributed by atoms with Gasteiger partial charge in [0.1, 0.15) is 5.69 Å². The van der Waals surface area contributed by atoms with E-state index in [0.717, 1.165) is 10.4 Å². The Morgan fingerprint density at radius 1 is 1.19 bits per heavy atom. The molecule has 3 aromatic heterocycles. The van der Waals surface area contributed by atoms with E-state index in [1.807, 2.05) is 13.0 Å². The molecule has 8 heteroatoms. The van der Waals surface area contributed by atoms with Crippen LogP contribution in [0.25, 0.3) is 22.0 Å². The van der Waals surface area contributed by atoms with E-state index < -0.39 is 0 Å². The van der Waals surface area contributed by atoms with E-state index in [1.54, 1.807) is 42.7 Å². The molecule has 0 aliphatic carbocycles. The second-order valence-corrected chi connectivity index (χ2v) is 6.95. The highest BCUT2D eigenvalue weighted by molar-refractivity contribution is 7.15. The van der Waals surface area contributed by atoms with Crippen LogP contribution in [-0.4, -0.2) is 21.1 Å². The molecule has 0 saturated heterocycles. The molecule has 0 aliphatic heterocycles. The van der Waals surface area contributed by atoms with Crippen LogP contribution in [0.3, 0.4) is 0 Å². The minimum absolute atomic E-state index is 0.269. The third-order valence-corrected chi connectivity index (χ3v) is 4.82. The number of carbonyl (C=O) groups is 1. The molecular formula is C19H14N4O3S. The zero-order valence-corrected chi connectivity index (χ0v) is 15.0. The summed E-state index contributed by atoms with van der Waals surface area (Å²) in [7, 11) is 0. The van der Waals surface area contributed by atoms with Crippen molar-refractivity contribution in [1.82, 2.24) is 15.2 Å². The predicted octanol–water partition coefficient (Wildman–Crippen LogP) is 3.71. The third-order valence-electron chi connectivity index (χ3n) is 3.84. The van der Waals surface area contributed by atoms with Crippen LogP contribution in [0, 0.1) is 6.92 Å². The van der Waals surface area contributed by atoms with Gasteiger partial charge in [0.05, 0.1) is 12.0 Å². The Kier molecular flexibility index (Phi) is 4.39. The van der Waals surface area contributed by atoms with Gasteiger partial charge in [0.15, 0.2) is 10.8 Å². The molecule has 4 aromatic rings. The van der Waals surface area contributed by atoms with E-state index in [4.69, 9.17) is 4.42 Å². The number of aromatic amines is 1. The molecule has 0 radical (unpaired) electrons. The maximum Gasteiger partial charge on any atom is 0.275 e. The first kappa shape index (κ1) is 16.9. The predicted molar refractivity (Wildman–Crippen MR) is 103 cm³/mol. The molecule has 0 saturated carbocycles. The van der Waals surface area contributed by atoms with Gasteiger partial charge in [-0.1, -0.05) is 12.1 Å². The summed E-state index contributed by atoms with van der Waals surface area (Å²) < 4.78 is 5.34. The monoisotopic (exact) mass is 378 g/mol. The quantitative estimate of drug-likeness (QED) is 0.564. The fraction of sp³-hybridized carbons (Fsp3) is 0.0526. The normalized spacial score (nSPS) is 10.7. The van der Waals surface area contributed by atoms with Gasteiger partial charge in [-0.05, 0) is 37.3 Å². The topological polar surface area (TPSA) is 101 Å². The summed E-state index contributed by atoms with van der Waals surface area (Å²) in [6.07, 6.45) is 1.57. The summed E-state index contributed by atoms with van der Waals surface area (Å²) in [5.74, 6) is 0.335. The first-order chi connectivity index (χ1) is 13.1. The van der Waals surface area contributed by atoms with Gasteiger partial charge in [-0.3, -0.25) is 9.59 Å². The van der Waals surface area contributed by atoms with E-state index >= 15 is 0 Å². The largest absolute Gasteiger partial charge is 0.462 e. The first-order valence-corrected chi connectivity index (χ1v) is 8.90. The van der Waals surface area contributed by atoms with Gasteiger partial charge in [0.2, 0.25) is 0 Å². The minimum Gasteiger partial charge on any atom is -0.462 e. The number of benzene rings is 1. The van der Waals surface area contributed by atoms with E-state index in [-0.39, 0.29) is 11.5 Å². The summed E-state index contributed by atoms with van der Waals surface area (Å²) >= 11 is 1.40. The number of amides is 1. The van der Waals surface area contributed by atoms with Gasteiger partial charge in [-0.15, -0.1) is 11.3 Å². The maximum absolute atomic E-state index is 12.6. The summed E-state index contributed by atoms with van der Waals surface area (Å²) in [5.41, 5.74) is 2.08. The van der Waals surface area contributed by atoms with Crippen LogP contribution < -0.4 is 10.9 Å². The molecule has 1 amide bonds. The number of carbonyl (C=O) groups excluding carboxylic acids is 1. The van der Waals surface area contributed by atoms with Crippen LogP contribution in [0.2, 0.25) is 0 Å². The highest BCUT2D eigenvalue weighted by atomic mass is 32.1. The zero-order valence-electron chi connectivity index (χ0n) is 14.2. The Hall–Kier alpha value is -3.52. The number of thiazole rings is 1. The summed E-state index contributed by atoms with van der Waals surface area (Å²) in [4.78, 5) is 29.0. The fourth-order valence-corrected chi connectivity index (χ4v) is 3.44. The molecule has 3 heterocycles. The number of hydrogen-bond acceptors (Lipinski definition) is 6. The van der Waals surface area contributed by atoms with E-state index in [9.17, 15) is 9.59 Å². The molecule has 0 aliphatic rings. The van der Waals surface area contributed by atoms with Gasteiger partial charge in [-0.2, -0.15) is 5.10 Å². The SMILES string of the molecule is Cc1sc(-c2ccco2)nc1C(=O)Nc1cccc(-c2ccc(=O)[nH]n2)c1. The number of aryl methyl sites for hydroxylation is 1. The molecule has 0 unspecified atom stereocenters. The highest BCUT2D eigenvalue weighted by Crippen LogP contribution is 2.28. The standard InChI is InChI=1S/C19H14N4O3S/c1-11-17(21-19(27-11)15-6-3-9-26-15)18(25)20-13-5-2-4-12(10-13)14-7-8-16(24)23-22-14/h2-10H,1H3,(H,20,25)(H,23,24). The van der Waals surface area contributed by atoms with E-state index in [1.165, 1.54) is 17.4 Å². The van der Waals surface area contributed by atoms with Crippen molar-refractivity contribution in [1.29, 1.82) is 0 Å². The Bertz CT molecular complexity index is 1140. The maximum atomic E-state index is 12.6. The lowest BCUT2D eigenvalue weighted by Crippen LogP contribution is -2.13. The van der Waals surface area contributed by atoms with E-state index in [2.05, 4.69) is 20.5 Å². The molecular weight excluding hydrogens is 364 g/mol. The Balaban J connectivity index is 1.57. The molecule has 2 N–H and O–H groups in total. The van der Waals surface area contributed by atoms with Crippen molar-refractivity contribution in [2.75, 3.05) is 5.32 Å². The number of nitrogens with one attached hydrogen (secondary N) is 2. The van der Waals surface area contributed by atoms with Crippen LogP contribution in [0.5, 0.6) is 0 Å². The van der Waals surface area contributed by atoms with Crippen molar-refractivity contribution in [2.45, 2.75) is 6.92 Å². The van der Waals surface area contributed by atoms with Crippen LogP contribution in [0.15, 0.2) is 64.0 Å². The zero-order chi connectivity index (χ0) is 18.8. The second kappa shape index (κ2) is 7.00. The van der Waals surface area contributed by atoms with Crippen molar-refractivity contribution in [3.63, 3.8) is 0 Å². The molecule has 0 fully saturated rings. The second-order valence-electron chi connectivity index (χ2n) is 5.74. The Morgan fingerprint density at radius 2 is 2.07 bits per heavy atom. The molecule has 7 nitrogen and oxygen atoms in total. The average Bonchev–Trinajstić information content (AvgIpc) is 3.32. The number of nitrogens with zero attached hydrogens (tertiary/aromatic N) is 2. The van der Waals surface area contributed by atoms with Crippen LogP contribution >= 0.6 is 11.3 Å². The minimum atomic E-state index is -0.298. The molecule has 0 atom stereocenters. The van der Waals surface area contributed by atoms with Crippen LogP contribution in [0.1, 0.15) is 15.4 Å². The summed E-state index contributed by atoms with van der Waals surface area (Å²) in [6, 6.07) is 13.8. The average molecular weight is 378 g/mol. The number of aromatic nitrogens is 3. The van der Waals surface area contributed by atoms with Gasteiger partial charge >= 0.3 is 0 Å². The van der Waals surface area contributed by atoms with Crippen molar-refractivity contribution in [3.8, 4) is 22.0 Å². The van der Waals surface area contributed by atoms with Crippen LogP contribution in [-0.2, 0) is 0 Å². The Morgan fingerprint density at radius 3 is 2.81 bits per heavy atom. The van der Waals surface area contributed by atoms with Gasteiger partial charge in [-0.25, -0.2) is 10.1 Å². The van der Waals surface area contributed by atoms with Gasteiger partial charge in [0.25, 0.3) is 11.5 Å². The van der Waals surface area contributed by atoms with Gasteiger partial charge in [0, 0.05) is 22.2 Å². The van der Waals surface area contributed by atoms with E-state index in [0.29, 0.717) is 27.8 Å². The number of hydrogen-bond donors (Lipinski definition) is 2. The fourth-order valence-electron chi connectivity index (χ4n) is 2.56. The number of furan rings is 1. The highest BCUT2D eigenvalue weighted by Gasteiger charge is 2.18. The molecule has 0 spiro atoms. The molecule has 27 heavy (non-hydrogen) atoms. The lowest BCUT2D eigenvalue weighted by atomic mass is 10.1. The number of anilines is 1. The summed E-state index contributed by atoms with van der Waals surface area (Å²) in [5, 5.41) is 9.91. The molecule has 134 valence electrons. The van der Waals surface area contributed by atoms with Crippen molar-refractivity contribution < 1.29 is 9.21 Å². The van der Waals surface area contributed by atoms with Crippen molar-refractivity contribution in [3.05, 3.63) is 75.7 Å². The van der Waals surface area contributed by atoms with Crippen molar-refractivity contribution >= 4 is 22.9 Å². The number of H-pyrrole nitrogens is 1. The third kappa shape index (κ3) is 3.56. The molecule has 0 bridgehead atoms. The van der Waals surface area contributed by atoms with Crippen LogP contribution in [0.4, 0.5) is 5.69 Å². The smallest absolute Gasteiger partial charge is 0.275 e. The molecule has 1 aromatic carbocycles. The summed E-state index contributed by atoms with van der Waals surface area (Å²) in [6.45, 7) is 1.85. The molecule has 4 rings (SSSR count). The Labute approximate surface area is 157 Å². The first-order valence-electron chi connectivity index (χ1n) is 8.09. The lowest BCUT2D eigenvalue weighted by molar-refractivity contribution is 0.102. The lowest BCUT2D eigenvalue weighted by Gasteiger charge is -2.06.